The summed E-state index contributed by atoms with van der Waals surface area (Å²) >= 11 is 18.5. The third-order valence-electron chi connectivity index (χ3n) is 4.06. The van der Waals surface area contributed by atoms with Gasteiger partial charge in [-0.15, -0.1) is 11.6 Å². The summed E-state index contributed by atoms with van der Waals surface area (Å²) in [7, 11) is 0. The van der Waals surface area contributed by atoms with Crippen LogP contribution in [0.3, 0.4) is 0 Å². The zero-order valence-electron chi connectivity index (χ0n) is 10.6. The van der Waals surface area contributed by atoms with E-state index in [0.717, 1.165) is 18.8 Å². The minimum Gasteiger partial charge on any atom is -0.123 e. The van der Waals surface area contributed by atoms with Gasteiger partial charge in [0.25, 0.3) is 0 Å². The third kappa shape index (κ3) is 3.56. The van der Waals surface area contributed by atoms with E-state index in [1.165, 1.54) is 24.8 Å². The van der Waals surface area contributed by atoms with Crippen LogP contribution in [-0.4, -0.2) is 5.38 Å². The molecule has 0 aromatic heterocycles. The van der Waals surface area contributed by atoms with Crippen molar-refractivity contribution in [1.82, 2.24) is 0 Å². The average molecular weight is 306 g/mol. The molecule has 0 nitrogen and oxygen atoms in total. The molecule has 1 fully saturated rings. The van der Waals surface area contributed by atoms with Crippen molar-refractivity contribution < 1.29 is 0 Å². The Hall–Kier alpha value is 0.0900. The van der Waals surface area contributed by atoms with Gasteiger partial charge in [-0.3, -0.25) is 0 Å². The molecule has 100 valence electrons. The SMILES string of the molecule is CCC1CCC(Cl)C(Cc2ccc(Cl)c(Cl)c2)C1. The highest BCUT2D eigenvalue weighted by molar-refractivity contribution is 6.42. The number of benzene rings is 1. The maximum absolute atomic E-state index is 6.47. The van der Waals surface area contributed by atoms with E-state index in [0.29, 0.717) is 21.3 Å². The van der Waals surface area contributed by atoms with E-state index in [2.05, 4.69) is 13.0 Å². The molecule has 3 unspecified atom stereocenters. The fourth-order valence-electron chi connectivity index (χ4n) is 2.88. The zero-order chi connectivity index (χ0) is 13.1. The first-order chi connectivity index (χ1) is 8.60. The van der Waals surface area contributed by atoms with E-state index in [1.54, 1.807) is 0 Å². The Balaban J connectivity index is 2.04. The smallest absolute Gasteiger partial charge is 0.0595 e. The molecule has 1 aromatic rings. The molecular weight excluding hydrogens is 287 g/mol. The van der Waals surface area contributed by atoms with Crippen molar-refractivity contribution >= 4 is 34.8 Å². The molecule has 0 saturated heterocycles. The maximum atomic E-state index is 6.47. The van der Waals surface area contributed by atoms with Gasteiger partial charge in [0.1, 0.15) is 0 Å². The second-order valence-electron chi connectivity index (χ2n) is 5.32. The Morgan fingerprint density at radius 2 is 1.94 bits per heavy atom. The number of hydrogen-bond acceptors (Lipinski definition) is 0. The van der Waals surface area contributed by atoms with Gasteiger partial charge >= 0.3 is 0 Å². The van der Waals surface area contributed by atoms with Crippen molar-refractivity contribution in [2.75, 3.05) is 0 Å². The van der Waals surface area contributed by atoms with Gasteiger partial charge in [0.15, 0.2) is 0 Å². The molecule has 0 N–H and O–H groups in total. The van der Waals surface area contributed by atoms with Crippen molar-refractivity contribution in [3.8, 4) is 0 Å². The summed E-state index contributed by atoms with van der Waals surface area (Å²) in [6.45, 7) is 2.27. The molecule has 0 spiro atoms. The van der Waals surface area contributed by atoms with E-state index in [-0.39, 0.29) is 0 Å². The van der Waals surface area contributed by atoms with E-state index >= 15 is 0 Å². The molecule has 0 radical (unpaired) electrons. The molecule has 2 rings (SSSR count). The van der Waals surface area contributed by atoms with Gasteiger partial charge in [0, 0.05) is 5.38 Å². The van der Waals surface area contributed by atoms with Gasteiger partial charge in [-0.2, -0.15) is 0 Å². The molecule has 0 heterocycles. The lowest BCUT2D eigenvalue weighted by atomic mass is 9.77. The lowest BCUT2D eigenvalue weighted by molar-refractivity contribution is 0.265. The first kappa shape index (κ1) is 14.5. The second-order valence-corrected chi connectivity index (χ2v) is 6.69. The number of hydrogen-bond donors (Lipinski definition) is 0. The van der Waals surface area contributed by atoms with E-state index in [1.807, 2.05) is 12.1 Å². The molecule has 1 aliphatic carbocycles. The van der Waals surface area contributed by atoms with Crippen LogP contribution in [0.4, 0.5) is 0 Å². The van der Waals surface area contributed by atoms with E-state index < -0.39 is 0 Å². The van der Waals surface area contributed by atoms with Crippen LogP contribution >= 0.6 is 34.8 Å². The van der Waals surface area contributed by atoms with Crippen molar-refractivity contribution in [2.24, 2.45) is 11.8 Å². The van der Waals surface area contributed by atoms with Crippen LogP contribution in [0, 0.1) is 11.8 Å². The third-order valence-corrected chi connectivity index (χ3v) is 5.37. The highest BCUT2D eigenvalue weighted by atomic mass is 35.5. The highest BCUT2D eigenvalue weighted by Crippen LogP contribution is 2.36. The summed E-state index contributed by atoms with van der Waals surface area (Å²) < 4.78 is 0. The molecule has 1 saturated carbocycles. The topological polar surface area (TPSA) is 0 Å². The van der Waals surface area contributed by atoms with Crippen molar-refractivity contribution in [3.63, 3.8) is 0 Å². The Bertz CT molecular complexity index is 403. The lowest BCUT2D eigenvalue weighted by Crippen LogP contribution is -2.26. The summed E-state index contributed by atoms with van der Waals surface area (Å²) in [4.78, 5) is 0. The summed E-state index contributed by atoms with van der Waals surface area (Å²) in [6.07, 6.45) is 5.95. The first-order valence-electron chi connectivity index (χ1n) is 6.68. The van der Waals surface area contributed by atoms with Crippen molar-refractivity contribution in [1.29, 1.82) is 0 Å². The summed E-state index contributed by atoms with van der Waals surface area (Å²) in [5.41, 5.74) is 1.25. The van der Waals surface area contributed by atoms with Crippen LogP contribution in [-0.2, 0) is 6.42 Å². The zero-order valence-corrected chi connectivity index (χ0v) is 12.9. The van der Waals surface area contributed by atoms with Gasteiger partial charge in [-0.1, -0.05) is 42.6 Å². The quantitative estimate of drug-likeness (QED) is 0.603. The minimum atomic E-state index is 0.308. The Morgan fingerprint density at radius 3 is 2.61 bits per heavy atom. The van der Waals surface area contributed by atoms with Crippen LogP contribution in [0.2, 0.25) is 10.0 Å². The minimum absolute atomic E-state index is 0.308. The van der Waals surface area contributed by atoms with Crippen LogP contribution in [0.5, 0.6) is 0 Å². The second kappa shape index (κ2) is 6.50. The van der Waals surface area contributed by atoms with E-state index in [4.69, 9.17) is 34.8 Å². The van der Waals surface area contributed by atoms with Crippen LogP contribution in [0.15, 0.2) is 18.2 Å². The van der Waals surface area contributed by atoms with Gasteiger partial charge in [0.05, 0.1) is 10.0 Å². The Kier molecular flexibility index (Phi) is 5.24. The van der Waals surface area contributed by atoms with Crippen LogP contribution < -0.4 is 0 Å². The number of alkyl halides is 1. The molecule has 3 atom stereocenters. The fourth-order valence-corrected chi connectivity index (χ4v) is 3.51. The van der Waals surface area contributed by atoms with Crippen molar-refractivity contribution in [3.05, 3.63) is 33.8 Å². The normalized spacial score (nSPS) is 28.3. The molecule has 3 heteroatoms. The number of rotatable bonds is 3. The van der Waals surface area contributed by atoms with E-state index in [9.17, 15) is 0 Å². The molecule has 0 amide bonds. The van der Waals surface area contributed by atoms with Crippen LogP contribution in [0.25, 0.3) is 0 Å². The Morgan fingerprint density at radius 1 is 1.17 bits per heavy atom. The molecule has 0 bridgehead atoms. The maximum Gasteiger partial charge on any atom is 0.0595 e. The standard InChI is InChI=1S/C15H19Cl3/c1-2-10-3-5-13(16)12(7-10)8-11-4-6-14(17)15(18)9-11/h4,6,9-10,12-13H,2-3,5,7-8H2,1H3. The van der Waals surface area contributed by atoms with Gasteiger partial charge in [0.2, 0.25) is 0 Å². The molecule has 0 aliphatic heterocycles. The van der Waals surface area contributed by atoms with Gasteiger partial charge < -0.3 is 0 Å². The van der Waals surface area contributed by atoms with Crippen LogP contribution in [0.1, 0.15) is 38.2 Å². The average Bonchev–Trinajstić information content (AvgIpc) is 2.36. The molecule has 18 heavy (non-hydrogen) atoms. The fraction of sp³-hybridized carbons (Fsp3) is 0.600. The summed E-state index contributed by atoms with van der Waals surface area (Å²) in [6, 6.07) is 5.92. The van der Waals surface area contributed by atoms with Gasteiger partial charge in [-0.05, 0) is 55.2 Å². The predicted molar refractivity (Wildman–Crippen MR) is 80.9 cm³/mol. The molecule has 1 aromatic carbocycles. The molecular formula is C15H19Cl3. The number of halogens is 3. The lowest BCUT2D eigenvalue weighted by Gasteiger charge is -2.32. The van der Waals surface area contributed by atoms with Crippen molar-refractivity contribution in [2.45, 2.75) is 44.4 Å². The summed E-state index contributed by atoms with van der Waals surface area (Å²) in [5, 5.41) is 1.57. The molecule has 1 aliphatic rings. The van der Waals surface area contributed by atoms with Gasteiger partial charge in [-0.25, -0.2) is 0 Å². The summed E-state index contributed by atoms with van der Waals surface area (Å²) in [5.74, 6) is 1.41. The largest absolute Gasteiger partial charge is 0.123 e. The Labute approximate surface area is 125 Å². The highest BCUT2D eigenvalue weighted by Gasteiger charge is 2.28. The predicted octanol–water partition coefficient (Wildman–Crippen LogP) is 5.97. The first-order valence-corrected chi connectivity index (χ1v) is 7.87. The monoisotopic (exact) mass is 304 g/mol.